The van der Waals surface area contributed by atoms with Gasteiger partial charge in [0, 0.05) is 11.3 Å². The number of amides is 3. The van der Waals surface area contributed by atoms with Crippen LogP contribution in [0.15, 0.2) is 24.3 Å². The van der Waals surface area contributed by atoms with Crippen LogP contribution in [0.5, 0.6) is 0 Å². The van der Waals surface area contributed by atoms with Crippen LogP contribution in [-0.4, -0.2) is 28.6 Å². The fourth-order valence-corrected chi connectivity index (χ4v) is 2.54. The lowest BCUT2D eigenvalue weighted by atomic mass is 9.97. The Morgan fingerprint density at radius 3 is 2.43 bits per heavy atom. The number of benzene rings is 1. The maximum atomic E-state index is 12.2. The Kier molecular flexibility index (Phi) is 4.11. The van der Waals surface area contributed by atoms with Crippen LogP contribution in [0.2, 0.25) is 0 Å². The third-order valence-corrected chi connectivity index (χ3v) is 3.61. The highest BCUT2D eigenvalue weighted by atomic mass is 16.4. The van der Waals surface area contributed by atoms with E-state index in [-0.39, 0.29) is 5.56 Å². The summed E-state index contributed by atoms with van der Waals surface area (Å²) < 4.78 is 0. The fraction of sp³-hybridized carbons (Fsp3) is 0.357. The first kappa shape index (κ1) is 14.8. The number of nitrogens with one attached hydrogen (secondary N) is 2. The van der Waals surface area contributed by atoms with E-state index in [1.165, 1.54) is 6.07 Å². The third-order valence-electron chi connectivity index (χ3n) is 3.61. The number of carbonyl (C=O) groups excluding carboxylic acids is 2. The van der Waals surface area contributed by atoms with Crippen LogP contribution < -0.4 is 16.4 Å². The van der Waals surface area contributed by atoms with Gasteiger partial charge in [-0.15, -0.1) is 0 Å². The van der Waals surface area contributed by atoms with Gasteiger partial charge >= 0.3 is 12.0 Å². The van der Waals surface area contributed by atoms with Gasteiger partial charge in [0.2, 0.25) is 0 Å². The van der Waals surface area contributed by atoms with Crippen LogP contribution in [0.3, 0.4) is 0 Å². The van der Waals surface area contributed by atoms with E-state index in [0.29, 0.717) is 18.5 Å². The van der Waals surface area contributed by atoms with E-state index in [1.807, 2.05) is 0 Å². The highest BCUT2D eigenvalue weighted by molar-refractivity contribution is 5.99. The Labute approximate surface area is 121 Å². The van der Waals surface area contributed by atoms with Crippen molar-refractivity contribution in [3.8, 4) is 0 Å². The zero-order valence-electron chi connectivity index (χ0n) is 11.4. The fourth-order valence-electron chi connectivity index (χ4n) is 2.54. The summed E-state index contributed by atoms with van der Waals surface area (Å²) in [7, 11) is 0. The van der Waals surface area contributed by atoms with Crippen molar-refractivity contribution in [2.75, 3.05) is 5.32 Å². The van der Waals surface area contributed by atoms with Crippen LogP contribution in [0.25, 0.3) is 0 Å². The SMILES string of the molecule is NC(=O)Nc1cccc(C(=O)NC2(C(=O)O)CCCC2)c1. The lowest BCUT2D eigenvalue weighted by molar-refractivity contribution is -0.144. The zero-order valence-corrected chi connectivity index (χ0v) is 11.4. The molecule has 0 bridgehead atoms. The second-order valence-electron chi connectivity index (χ2n) is 5.12. The Hall–Kier alpha value is -2.57. The molecule has 5 N–H and O–H groups in total. The lowest BCUT2D eigenvalue weighted by Crippen LogP contribution is -2.52. The van der Waals surface area contributed by atoms with Crippen molar-refractivity contribution in [2.45, 2.75) is 31.2 Å². The monoisotopic (exact) mass is 291 g/mol. The number of nitrogens with two attached hydrogens (primary N) is 1. The molecule has 1 fully saturated rings. The van der Waals surface area contributed by atoms with E-state index in [0.717, 1.165) is 12.8 Å². The number of hydrogen-bond donors (Lipinski definition) is 4. The van der Waals surface area contributed by atoms with E-state index in [2.05, 4.69) is 10.6 Å². The Morgan fingerprint density at radius 1 is 1.19 bits per heavy atom. The summed E-state index contributed by atoms with van der Waals surface area (Å²) in [6.45, 7) is 0. The second-order valence-corrected chi connectivity index (χ2v) is 5.12. The highest BCUT2D eigenvalue weighted by Gasteiger charge is 2.42. The summed E-state index contributed by atoms with van der Waals surface area (Å²) in [5, 5.41) is 14.3. The maximum Gasteiger partial charge on any atom is 0.329 e. The van der Waals surface area contributed by atoms with Gasteiger partial charge in [-0.3, -0.25) is 4.79 Å². The molecular weight excluding hydrogens is 274 g/mol. The van der Waals surface area contributed by atoms with Crippen LogP contribution in [-0.2, 0) is 4.79 Å². The number of aliphatic carboxylic acids is 1. The standard InChI is InChI=1S/C14H17N3O4/c15-13(21)16-10-5-3-4-9(8-10)11(18)17-14(12(19)20)6-1-2-7-14/h3-5,8H,1-2,6-7H2,(H,17,18)(H,19,20)(H3,15,16,21). The molecule has 0 unspecified atom stereocenters. The van der Waals surface area contributed by atoms with Crippen molar-refractivity contribution in [3.63, 3.8) is 0 Å². The van der Waals surface area contributed by atoms with Crippen LogP contribution in [0.1, 0.15) is 36.0 Å². The molecule has 0 saturated heterocycles. The predicted octanol–water partition coefficient (Wildman–Crippen LogP) is 1.30. The molecule has 0 aliphatic heterocycles. The van der Waals surface area contributed by atoms with E-state index in [9.17, 15) is 19.5 Å². The highest BCUT2D eigenvalue weighted by Crippen LogP contribution is 2.30. The average molecular weight is 291 g/mol. The number of rotatable bonds is 4. The van der Waals surface area contributed by atoms with Crippen molar-refractivity contribution in [1.82, 2.24) is 5.32 Å². The summed E-state index contributed by atoms with van der Waals surface area (Å²) in [4.78, 5) is 34.4. The smallest absolute Gasteiger partial charge is 0.329 e. The molecule has 1 aliphatic carbocycles. The molecular formula is C14H17N3O4. The number of anilines is 1. The summed E-state index contributed by atoms with van der Waals surface area (Å²) in [5.74, 6) is -1.49. The number of primary amides is 1. The molecule has 2 rings (SSSR count). The molecule has 7 heteroatoms. The van der Waals surface area contributed by atoms with E-state index in [4.69, 9.17) is 5.73 Å². The van der Waals surface area contributed by atoms with E-state index in [1.54, 1.807) is 18.2 Å². The summed E-state index contributed by atoms with van der Waals surface area (Å²) in [6.07, 6.45) is 2.40. The molecule has 1 aliphatic rings. The molecule has 0 radical (unpaired) electrons. The molecule has 0 heterocycles. The molecule has 0 atom stereocenters. The number of carboxylic acid groups (broad SMARTS) is 1. The topological polar surface area (TPSA) is 122 Å². The Balaban J connectivity index is 2.16. The first-order chi connectivity index (χ1) is 9.93. The minimum atomic E-state index is -1.19. The molecule has 112 valence electrons. The summed E-state index contributed by atoms with van der Waals surface area (Å²) in [5.41, 5.74) is 4.48. The molecule has 1 aromatic carbocycles. The molecule has 21 heavy (non-hydrogen) atoms. The number of urea groups is 1. The van der Waals surface area contributed by atoms with Gasteiger partial charge in [-0.2, -0.15) is 0 Å². The largest absolute Gasteiger partial charge is 0.480 e. The lowest BCUT2D eigenvalue weighted by Gasteiger charge is -2.25. The zero-order chi connectivity index (χ0) is 15.5. The Morgan fingerprint density at radius 2 is 1.86 bits per heavy atom. The summed E-state index contributed by atoms with van der Waals surface area (Å²) >= 11 is 0. The summed E-state index contributed by atoms with van der Waals surface area (Å²) in [6, 6.07) is 5.44. The average Bonchev–Trinajstić information content (AvgIpc) is 2.88. The van der Waals surface area contributed by atoms with Gasteiger partial charge < -0.3 is 21.5 Å². The van der Waals surface area contributed by atoms with Crippen molar-refractivity contribution in [1.29, 1.82) is 0 Å². The van der Waals surface area contributed by atoms with Gasteiger partial charge in [0.15, 0.2) is 0 Å². The van der Waals surface area contributed by atoms with Gasteiger partial charge in [0.1, 0.15) is 5.54 Å². The van der Waals surface area contributed by atoms with Crippen LogP contribution >= 0.6 is 0 Å². The van der Waals surface area contributed by atoms with Crippen molar-refractivity contribution in [3.05, 3.63) is 29.8 Å². The number of carbonyl (C=O) groups is 3. The quantitative estimate of drug-likeness (QED) is 0.668. The van der Waals surface area contributed by atoms with Crippen molar-refractivity contribution >= 4 is 23.6 Å². The van der Waals surface area contributed by atoms with Gasteiger partial charge in [-0.05, 0) is 31.0 Å². The van der Waals surface area contributed by atoms with E-state index < -0.39 is 23.4 Å². The predicted molar refractivity (Wildman–Crippen MR) is 75.9 cm³/mol. The number of hydrogen-bond acceptors (Lipinski definition) is 3. The van der Waals surface area contributed by atoms with Crippen LogP contribution in [0.4, 0.5) is 10.5 Å². The molecule has 1 saturated carbocycles. The van der Waals surface area contributed by atoms with Crippen molar-refractivity contribution < 1.29 is 19.5 Å². The molecule has 7 nitrogen and oxygen atoms in total. The molecule has 0 spiro atoms. The maximum absolute atomic E-state index is 12.2. The first-order valence-electron chi connectivity index (χ1n) is 6.65. The number of carboxylic acids is 1. The third kappa shape index (κ3) is 3.31. The molecule has 3 amide bonds. The van der Waals surface area contributed by atoms with Gasteiger partial charge in [0.25, 0.3) is 5.91 Å². The first-order valence-corrected chi connectivity index (χ1v) is 6.65. The molecule has 1 aromatic rings. The molecule has 0 aromatic heterocycles. The minimum absolute atomic E-state index is 0.272. The minimum Gasteiger partial charge on any atom is -0.480 e. The van der Waals surface area contributed by atoms with Crippen molar-refractivity contribution in [2.24, 2.45) is 5.73 Å². The van der Waals surface area contributed by atoms with E-state index >= 15 is 0 Å². The van der Waals surface area contributed by atoms with Gasteiger partial charge in [-0.25, -0.2) is 9.59 Å². The van der Waals surface area contributed by atoms with Gasteiger partial charge in [-0.1, -0.05) is 18.9 Å². The second kappa shape index (κ2) is 5.82. The Bertz CT molecular complexity index is 579. The normalized spacial score (nSPS) is 16.2. The van der Waals surface area contributed by atoms with Gasteiger partial charge in [0.05, 0.1) is 0 Å². The van der Waals surface area contributed by atoms with Crippen LogP contribution in [0, 0.1) is 0 Å².